The van der Waals surface area contributed by atoms with E-state index >= 15 is 0 Å². The van der Waals surface area contributed by atoms with Crippen molar-refractivity contribution in [3.8, 4) is 0 Å². The zero-order valence-electron chi connectivity index (χ0n) is 22.9. The molecule has 0 bridgehead atoms. The van der Waals surface area contributed by atoms with Crippen molar-refractivity contribution in [2.24, 2.45) is 11.3 Å². The number of carboxylic acid groups (broad SMARTS) is 1. The predicted molar refractivity (Wildman–Crippen MR) is 148 cm³/mol. The van der Waals surface area contributed by atoms with E-state index in [9.17, 15) is 27.9 Å². The second-order valence-electron chi connectivity index (χ2n) is 11.7. The number of carboxylic acids is 1. The SMILES string of the molecule is Cc1cc(Cl)c(CCN(CC2CCCCC2)C(=O)c2cnn(C3CCC(C)(C(=O)O)CC3)c2C(F)(F)F)c(Cl)c1. The number of aliphatic carboxylic acids is 1. The van der Waals surface area contributed by atoms with Crippen molar-refractivity contribution >= 4 is 35.1 Å². The number of carbonyl (C=O) groups excluding carboxylic acids is 1. The average Bonchev–Trinajstić information content (AvgIpc) is 3.34. The highest BCUT2D eigenvalue weighted by molar-refractivity contribution is 6.36. The standard InChI is InChI=1S/C29H36Cl2F3N3O3/c1-18-14-23(30)21(24(31)15-18)10-13-36(17-19-6-4-3-5-7-19)26(38)22-16-35-37(25(22)29(32,33)34)20-8-11-28(2,12-9-20)27(39)40/h14-16,19-20H,3-13,17H2,1-2H3,(H,39,40). The van der Waals surface area contributed by atoms with Gasteiger partial charge in [0, 0.05) is 23.1 Å². The van der Waals surface area contributed by atoms with Gasteiger partial charge >= 0.3 is 12.1 Å². The molecule has 6 nitrogen and oxygen atoms in total. The first kappa shape index (κ1) is 30.7. The Balaban J connectivity index is 1.63. The molecule has 220 valence electrons. The Kier molecular flexibility index (Phi) is 9.45. The third-order valence-corrected chi connectivity index (χ3v) is 9.30. The van der Waals surface area contributed by atoms with Crippen LogP contribution in [0.2, 0.25) is 10.0 Å². The van der Waals surface area contributed by atoms with Gasteiger partial charge in [-0.3, -0.25) is 14.3 Å². The number of rotatable bonds is 8. The lowest BCUT2D eigenvalue weighted by Crippen LogP contribution is -2.39. The van der Waals surface area contributed by atoms with Crippen molar-refractivity contribution in [1.82, 2.24) is 14.7 Å². The van der Waals surface area contributed by atoms with Crippen LogP contribution in [0.15, 0.2) is 18.3 Å². The smallest absolute Gasteiger partial charge is 0.433 e. The Hall–Kier alpha value is -2.26. The molecule has 4 rings (SSSR count). The summed E-state index contributed by atoms with van der Waals surface area (Å²) in [5, 5.41) is 14.5. The molecule has 2 aromatic rings. The van der Waals surface area contributed by atoms with Crippen molar-refractivity contribution in [3.05, 3.63) is 50.8 Å². The maximum Gasteiger partial charge on any atom is 0.433 e. The van der Waals surface area contributed by atoms with E-state index in [-0.39, 0.29) is 38.1 Å². The molecule has 0 unspecified atom stereocenters. The normalized spacial score (nSPS) is 22.3. The number of hydrogen-bond donors (Lipinski definition) is 1. The summed E-state index contributed by atoms with van der Waals surface area (Å²) in [7, 11) is 0. The van der Waals surface area contributed by atoms with Gasteiger partial charge in [0.05, 0.1) is 23.2 Å². The minimum atomic E-state index is -4.81. The van der Waals surface area contributed by atoms with Crippen molar-refractivity contribution in [2.75, 3.05) is 13.1 Å². The Morgan fingerprint density at radius 1 is 1.10 bits per heavy atom. The van der Waals surface area contributed by atoms with E-state index in [4.69, 9.17) is 23.2 Å². The summed E-state index contributed by atoms with van der Waals surface area (Å²) in [5.74, 6) is -1.46. The number of hydrogen-bond acceptors (Lipinski definition) is 3. The Morgan fingerprint density at radius 3 is 2.25 bits per heavy atom. The van der Waals surface area contributed by atoms with Crippen molar-refractivity contribution in [3.63, 3.8) is 0 Å². The fourth-order valence-electron chi connectivity index (χ4n) is 6.12. The van der Waals surface area contributed by atoms with E-state index in [1.165, 1.54) is 4.90 Å². The number of nitrogens with zero attached hydrogens (tertiary/aromatic N) is 3. The molecule has 0 aliphatic heterocycles. The zero-order chi connectivity index (χ0) is 29.2. The predicted octanol–water partition coefficient (Wildman–Crippen LogP) is 7.99. The van der Waals surface area contributed by atoms with Crippen LogP contribution in [0.25, 0.3) is 0 Å². The lowest BCUT2D eigenvalue weighted by atomic mass is 9.74. The first-order chi connectivity index (χ1) is 18.8. The molecule has 0 radical (unpaired) electrons. The lowest BCUT2D eigenvalue weighted by Gasteiger charge is -2.34. The van der Waals surface area contributed by atoms with Crippen LogP contribution < -0.4 is 0 Å². The molecular formula is C29H36Cl2F3N3O3. The molecule has 0 atom stereocenters. The van der Waals surface area contributed by atoms with Crippen LogP contribution in [-0.4, -0.2) is 44.8 Å². The molecule has 2 fully saturated rings. The fraction of sp³-hybridized carbons (Fsp3) is 0.621. The summed E-state index contributed by atoms with van der Waals surface area (Å²) in [4.78, 5) is 27.0. The molecule has 0 spiro atoms. The van der Waals surface area contributed by atoms with Gasteiger partial charge in [-0.25, -0.2) is 0 Å². The molecule has 11 heteroatoms. The summed E-state index contributed by atoms with van der Waals surface area (Å²) < 4.78 is 44.4. The summed E-state index contributed by atoms with van der Waals surface area (Å²) in [6.07, 6.45) is 2.49. The summed E-state index contributed by atoms with van der Waals surface area (Å²) >= 11 is 12.9. The van der Waals surface area contributed by atoms with E-state index < -0.39 is 40.8 Å². The first-order valence-electron chi connectivity index (χ1n) is 13.9. The van der Waals surface area contributed by atoms with E-state index in [0.717, 1.165) is 48.5 Å². The molecule has 2 saturated carbocycles. The molecule has 40 heavy (non-hydrogen) atoms. The largest absolute Gasteiger partial charge is 0.481 e. The van der Waals surface area contributed by atoms with Crippen LogP contribution >= 0.6 is 23.2 Å². The van der Waals surface area contributed by atoms with Gasteiger partial charge in [0.2, 0.25) is 0 Å². The first-order valence-corrected chi connectivity index (χ1v) is 14.7. The summed E-state index contributed by atoms with van der Waals surface area (Å²) in [6, 6.07) is 2.92. The van der Waals surface area contributed by atoms with Crippen molar-refractivity contribution in [1.29, 1.82) is 0 Å². The van der Waals surface area contributed by atoms with Crippen LogP contribution in [-0.2, 0) is 17.4 Å². The van der Waals surface area contributed by atoms with E-state index in [2.05, 4.69) is 5.10 Å². The second-order valence-corrected chi connectivity index (χ2v) is 12.5. The van der Waals surface area contributed by atoms with Crippen molar-refractivity contribution in [2.45, 2.75) is 90.3 Å². The van der Waals surface area contributed by atoms with E-state index in [1.807, 2.05) is 6.92 Å². The van der Waals surface area contributed by atoms with Gasteiger partial charge in [0.25, 0.3) is 5.91 Å². The highest BCUT2D eigenvalue weighted by Gasteiger charge is 2.45. The van der Waals surface area contributed by atoms with Gasteiger partial charge in [-0.1, -0.05) is 42.5 Å². The molecule has 1 aromatic heterocycles. The maximum atomic E-state index is 14.5. The monoisotopic (exact) mass is 601 g/mol. The Labute approximate surface area is 242 Å². The van der Waals surface area contributed by atoms with Gasteiger partial charge in [-0.15, -0.1) is 0 Å². The number of carbonyl (C=O) groups is 2. The van der Waals surface area contributed by atoms with Crippen LogP contribution in [0.5, 0.6) is 0 Å². The van der Waals surface area contributed by atoms with Crippen LogP contribution in [0.3, 0.4) is 0 Å². The number of halogens is 5. The fourth-order valence-corrected chi connectivity index (χ4v) is 6.90. The average molecular weight is 603 g/mol. The van der Waals surface area contributed by atoms with Gasteiger partial charge < -0.3 is 10.0 Å². The molecule has 2 aliphatic rings. The number of amides is 1. The third kappa shape index (κ3) is 6.78. The quantitative estimate of drug-likeness (QED) is 0.333. The van der Waals surface area contributed by atoms with Gasteiger partial charge in [-0.05, 0) is 88.0 Å². The highest BCUT2D eigenvalue weighted by Crippen LogP contribution is 2.43. The molecule has 2 aliphatic carbocycles. The van der Waals surface area contributed by atoms with E-state index in [0.29, 0.717) is 28.6 Å². The molecule has 1 heterocycles. The van der Waals surface area contributed by atoms with Gasteiger partial charge in [-0.2, -0.15) is 18.3 Å². The number of alkyl halides is 3. The topological polar surface area (TPSA) is 75.4 Å². The molecular weight excluding hydrogens is 566 g/mol. The van der Waals surface area contributed by atoms with Crippen molar-refractivity contribution < 1.29 is 27.9 Å². The van der Waals surface area contributed by atoms with Crippen LogP contribution in [0.4, 0.5) is 13.2 Å². The minimum absolute atomic E-state index is 0.167. The molecule has 1 N–H and O–H groups in total. The summed E-state index contributed by atoms with van der Waals surface area (Å²) in [6.45, 7) is 4.00. The Morgan fingerprint density at radius 2 is 1.70 bits per heavy atom. The number of aryl methyl sites for hydroxylation is 1. The third-order valence-electron chi connectivity index (χ3n) is 8.62. The zero-order valence-corrected chi connectivity index (χ0v) is 24.4. The van der Waals surface area contributed by atoms with Crippen LogP contribution in [0.1, 0.15) is 97.9 Å². The second kappa shape index (κ2) is 12.3. The number of benzene rings is 1. The lowest BCUT2D eigenvalue weighted by molar-refractivity contribution is -0.152. The number of aromatic nitrogens is 2. The Bertz CT molecular complexity index is 1210. The van der Waals surface area contributed by atoms with Crippen LogP contribution in [0, 0.1) is 18.3 Å². The highest BCUT2D eigenvalue weighted by atomic mass is 35.5. The summed E-state index contributed by atoms with van der Waals surface area (Å²) in [5.41, 5.74) is -0.971. The van der Waals surface area contributed by atoms with Gasteiger partial charge in [0.1, 0.15) is 0 Å². The molecule has 1 aromatic carbocycles. The molecule has 0 saturated heterocycles. The molecule has 1 amide bonds. The van der Waals surface area contributed by atoms with Gasteiger partial charge in [0.15, 0.2) is 5.69 Å². The minimum Gasteiger partial charge on any atom is -0.481 e. The maximum absolute atomic E-state index is 14.5. The van der Waals surface area contributed by atoms with E-state index in [1.54, 1.807) is 19.1 Å².